The van der Waals surface area contributed by atoms with Gasteiger partial charge < -0.3 is 4.74 Å². The number of nitrogens with zero attached hydrogens (tertiary/aromatic N) is 1. The number of halogens is 1. The highest BCUT2D eigenvalue weighted by Crippen LogP contribution is 2.32. The Morgan fingerprint density at radius 3 is 2.95 bits per heavy atom. The zero-order valence-electron chi connectivity index (χ0n) is 12.5. The summed E-state index contributed by atoms with van der Waals surface area (Å²) in [5, 5.41) is 2.24. The van der Waals surface area contributed by atoms with Gasteiger partial charge in [-0.25, -0.2) is 4.98 Å². The summed E-state index contributed by atoms with van der Waals surface area (Å²) in [6, 6.07) is 10.3. The van der Waals surface area contributed by atoms with E-state index in [1.54, 1.807) is 0 Å². The SMILES string of the molecule is CCC1CCCC(Oc2nc(CCl)cc3ccccc23)C1. The van der Waals surface area contributed by atoms with Crippen LogP contribution in [0.1, 0.15) is 44.7 Å². The Balaban J connectivity index is 1.88. The van der Waals surface area contributed by atoms with Crippen LogP contribution in [-0.2, 0) is 5.88 Å². The quantitative estimate of drug-likeness (QED) is 0.713. The van der Waals surface area contributed by atoms with E-state index in [1.807, 2.05) is 18.2 Å². The fraction of sp³-hybridized carbons (Fsp3) is 0.500. The summed E-state index contributed by atoms with van der Waals surface area (Å²) >= 11 is 5.97. The van der Waals surface area contributed by atoms with E-state index in [2.05, 4.69) is 24.0 Å². The minimum absolute atomic E-state index is 0.296. The van der Waals surface area contributed by atoms with Gasteiger partial charge in [0.1, 0.15) is 6.10 Å². The summed E-state index contributed by atoms with van der Waals surface area (Å²) in [5.74, 6) is 1.97. The first kappa shape index (κ1) is 14.6. The van der Waals surface area contributed by atoms with Crippen LogP contribution in [0.15, 0.2) is 30.3 Å². The molecule has 1 fully saturated rings. The summed E-state index contributed by atoms with van der Waals surface area (Å²) in [4.78, 5) is 4.61. The molecular weight excluding hydrogens is 282 g/mol. The number of hydrogen-bond donors (Lipinski definition) is 0. The number of ether oxygens (including phenoxy) is 1. The van der Waals surface area contributed by atoms with Crippen molar-refractivity contribution < 1.29 is 4.74 Å². The van der Waals surface area contributed by atoms with Crippen molar-refractivity contribution in [2.45, 2.75) is 51.0 Å². The standard InChI is InChI=1S/C18H22ClNO/c1-2-13-6-5-8-16(10-13)21-18-17-9-4-3-7-14(17)11-15(12-19)20-18/h3-4,7,9,11,13,16H,2,5-6,8,10,12H2,1H3. The maximum absolute atomic E-state index is 6.27. The molecule has 0 N–H and O–H groups in total. The van der Waals surface area contributed by atoms with Gasteiger partial charge in [0.15, 0.2) is 0 Å². The summed E-state index contributed by atoms with van der Waals surface area (Å²) < 4.78 is 6.27. The molecule has 1 heterocycles. The molecule has 1 aliphatic carbocycles. The Kier molecular flexibility index (Phi) is 4.64. The summed E-state index contributed by atoms with van der Waals surface area (Å²) in [5.41, 5.74) is 0.883. The lowest BCUT2D eigenvalue weighted by atomic mass is 9.85. The van der Waals surface area contributed by atoms with E-state index < -0.39 is 0 Å². The molecular formula is C18H22ClNO. The van der Waals surface area contributed by atoms with Crippen LogP contribution in [0.5, 0.6) is 5.88 Å². The zero-order valence-corrected chi connectivity index (χ0v) is 13.3. The summed E-state index contributed by atoms with van der Waals surface area (Å²) in [7, 11) is 0. The maximum Gasteiger partial charge on any atom is 0.221 e. The van der Waals surface area contributed by atoms with Crippen molar-refractivity contribution in [2.24, 2.45) is 5.92 Å². The second-order valence-electron chi connectivity index (χ2n) is 5.95. The molecule has 1 aromatic carbocycles. The van der Waals surface area contributed by atoms with Crippen LogP contribution in [0.3, 0.4) is 0 Å². The van der Waals surface area contributed by atoms with E-state index in [9.17, 15) is 0 Å². The second-order valence-corrected chi connectivity index (χ2v) is 6.22. The van der Waals surface area contributed by atoms with Gasteiger partial charge in [0, 0.05) is 5.39 Å². The molecule has 1 aromatic heterocycles. The van der Waals surface area contributed by atoms with E-state index in [1.165, 1.54) is 19.3 Å². The molecule has 0 aliphatic heterocycles. The van der Waals surface area contributed by atoms with Gasteiger partial charge in [-0.2, -0.15) is 0 Å². The molecule has 0 spiro atoms. The Labute approximate surface area is 131 Å². The van der Waals surface area contributed by atoms with Gasteiger partial charge in [-0.1, -0.05) is 38.0 Å². The maximum atomic E-state index is 6.27. The van der Waals surface area contributed by atoms with Gasteiger partial charge in [0.05, 0.1) is 11.6 Å². The Bertz CT molecular complexity index is 613. The molecule has 1 aliphatic rings. The highest BCUT2D eigenvalue weighted by molar-refractivity contribution is 6.17. The molecule has 2 unspecified atom stereocenters. The molecule has 0 radical (unpaired) electrons. The molecule has 2 atom stereocenters. The second kappa shape index (κ2) is 6.65. The third-order valence-corrected chi connectivity index (χ3v) is 4.76. The first-order chi connectivity index (χ1) is 10.3. The molecule has 0 bridgehead atoms. The average molecular weight is 304 g/mol. The van der Waals surface area contributed by atoms with Crippen molar-refractivity contribution in [2.75, 3.05) is 0 Å². The third-order valence-electron chi connectivity index (χ3n) is 4.49. The number of fused-ring (bicyclic) bond motifs is 1. The van der Waals surface area contributed by atoms with Gasteiger partial charge in [0.2, 0.25) is 5.88 Å². The fourth-order valence-corrected chi connectivity index (χ4v) is 3.39. The monoisotopic (exact) mass is 303 g/mol. The topological polar surface area (TPSA) is 22.1 Å². The Morgan fingerprint density at radius 2 is 2.14 bits per heavy atom. The fourth-order valence-electron chi connectivity index (χ4n) is 3.26. The van der Waals surface area contributed by atoms with Crippen LogP contribution in [0, 0.1) is 5.92 Å². The summed E-state index contributed by atoms with van der Waals surface area (Å²) in [6.45, 7) is 2.27. The predicted molar refractivity (Wildman–Crippen MR) is 88.0 cm³/mol. The van der Waals surface area contributed by atoms with E-state index in [0.29, 0.717) is 12.0 Å². The van der Waals surface area contributed by atoms with E-state index in [-0.39, 0.29) is 0 Å². The number of hydrogen-bond acceptors (Lipinski definition) is 2. The number of alkyl halides is 1. The molecule has 0 amide bonds. The highest BCUT2D eigenvalue weighted by Gasteiger charge is 2.23. The van der Waals surface area contributed by atoms with Crippen LogP contribution in [0.4, 0.5) is 0 Å². The van der Waals surface area contributed by atoms with Crippen LogP contribution < -0.4 is 4.74 Å². The van der Waals surface area contributed by atoms with E-state index in [0.717, 1.165) is 41.1 Å². The first-order valence-corrected chi connectivity index (χ1v) is 8.45. The number of pyridine rings is 1. The van der Waals surface area contributed by atoms with Crippen molar-refractivity contribution in [3.63, 3.8) is 0 Å². The Morgan fingerprint density at radius 1 is 1.29 bits per heavy atom. The zero-order chi connectivity index (χ0) is 14.7. The van der Waals surface area contributed by atoms with Crippen molar-refractivity contribution in [1.82, 2.24) is 4.98 Å². The minimum atomic E-state index is 0.296. The van der Waals surface area contributed by atoms with Crippen molar-refractivity contribution >= 4 is 22.4 Å². The molecule has 112 valence electrons. The molecule has 0 saturated heterocycles. The number of benzene rings is 1. The minimum Gasteiger partial charge on any atom is -0.474 e. The molecule has 1 saturated carbocycles. The van der Waals surface area contributed by atoms with Crippen LogP contribution in [0.25, 0.3) is 10.8 Å². The van der Waals surface area contributed by atoms with Gasteiger partial charge in [0.25, 0.3) is 0 Å². The highest BCUT2D eigenvalue weighted by atomic mass is 35.5. The van der Waals surface area contributed by atoms with Gasteiger partial charge in [-0.05, 0) is 42.7 Å². The predicted octanol–water partition coefficient (Wildman–Crippen LogP) is 5.32. The van der Waals surface area contributed by atoms with Gasteiger partial charge >= 0.3 is 0 Å². The van der Waals surface area contributed by atoms with Crippen LogP contribution >= 0.6 is 11.6 Å². The van der Waals surface area contributed by atoms with E-state index in [4.69, 9.17) is 16.3 Å². The molecule has 3 rings (SSSR count). The van der Waals surface area contributed by atoms with E-state index >= 15 is 0 Å². The van der Waals surface area contributed by atoms with Gasteiger partial charge in [-0.3, -0.25) is 0 Å². The molecule has 3 heteroatoms. The Hall–Kier alpha value is -1.28. The van der Waals surface area contributed by atoms with Crippen molar-refractivity contribution in [1.29, 1.82) is 0 Å². The molecule has 21 heavy (non-hydrogen) atoms. The number of rotatable bonds is 4. The van der Waals surface area contributed by atoms with Crippen molar-refractivity contribution in [3.05, 3.63) is 36.0 Å². The largest absolute Gasteiger partial charge is 0.474 e. The average Bonchev–Trinajstić information content (AvgIpc) is 2.55. The number of aromatic nitrogens is 1. The lowest BCUT2D eigenvalue weighted by Gasteiger charge is -2.29. The summed E-state index contributed by atoms with van der Waals surface area (Å²) in [6.07, 6.45) is 6.43. The van der Waals surface area contributed by atoms with Crippen molar-refractivity contribution in [3.8, 4) is 5.88 Å². The molecule has 2 aromatic rings. The third kappa shape index (κ3) is 3.32. The lowest BCUT2D eigenvalue weighted by molar-refractivity contribution is 0.119. The lowest BCUT2D eigenvalue weighted by Crippen LogP contribution is -2.25. The first-order valence-electron chi connectivity index (χ1n) is 7.91. The van der Waals surface area contributed by atoms with Crippen LogP contribution in [0.2, 0.25) is 0 Å². The van der Waals surface area contributed by atoms with Gasteiger partial charge in [-0.15, -0.1) is 11.6 Å². The molecule has 2 nitrogen and oxygen atoms in total. The van der Waals surface area contributed by atoms with Crippen LogP contribution in [-0.4, -0.2) is 11.1 Å². The smallest absolute Gasteiger partial charge is 0.221 e. The normalized spacial score (nSPS) is 22.4.